The molecule has 2 aromatic rings. The van der Waals surface area contributed by atoms with E-state index in [-0.39, 0.29) is 87.5 Å². The third-order valence-corrected chi connectivity index (χ3v) is 8.16. The van der Waals surface area contributed by atoms with Crippen LogP contribution in [0.25, 0.3) is 10.9 Å². The molecule has 1 atom stereocenters. The molecule has 46 heavy (non-hydrogen) atoms. The first-order valence-electron chi connectivity index (χ1n) is 15.5. The summed E-state index contributed by atoms with van der Waals surface area (Å²) in [5.41, 5.74) is 0.337. The molecule has 15 heteroatoms. The molecule has 2 aliphatic heterocycles. The Labute approximate surface area is 265 Å². The van der Waals surface area contributed by atoms with E-state index in [0.29, 0.717) is 24.0 Å². The van der Waals surface area contributed by atoms with Crippen molar-refractivity contribution in [3.05, 3.63) is 36.0 Å². The van der Waals surface area contributed by atoms with Gasteiger partial charge in [0.15, 0.2) is 6.61 Å². The average molecular weight is 639 g/mol. The maximum absolute atomic E-state index is 13.4. The molecule has 0 radical (unpaired) electrons. The van der Waals surface area contributed by atoms with Crippen molar-refractivity contribution in [1.29, 1.82) is 0 Å². The van der Waals surface area contributed by atoms with Crippen LogP contribution in [0.4, 0.5) is 4.79 Å². The number of para-hydroxylation sites is 1. The number of hydrogen-bond acceptors (Lipinski definition) is 9. The molecule has 1 saturated carbocycles. The number of carboxylic acid groups (broad SMARTS) is 1. The minimum Gasteiger partial charge on any atom is -0.483 e. The second-order valence-electron chi connectivity index (χ2n) is 11.6. The highest BCUT2D eigenvalue weighted by Crippen LogP contribution is 2.27. The summed E-state index contributed by atoms with van der Waals surface area (Å²) in [6.07, 6.45) is 0.992. The predicted molar refractivity (Wildman–Crippen MR) is 162 cm³/mol. The number of fused-ring (bicyclic) bond motifs is 1. The molecule has 3 fully saturated rings. The van der Waals surface area contributed by atoms with Crippen molar-refractivity contribution in [2.75, 3.05) is 52.5 Å². The highest BCUT2D eigenvalue weighted by Gasteiger charge is 2.38. The van der Waals surface area contributed by atoms with Crippen LogP contribution >= 0.6 is 0 Å². The largest absolute Gasteiger partial charge is 0.483 e. The van der Waals surface area contributed by atoms with Crippen molar-refractivity contribution in [1.82, 2.24) is 30.3 Å². The monoisotopic (exact) mass is 638 g/mol. The van der Waals surface area contributed by atoms with Gasteiger partial charge in [0, 0.05) is 63.2 Å². The van der Waals surface area contributed by atoms with E-state index in [4.69, 9.17) is 9.47 Å². The van der Waals surface area contributed by atoms with Gasteiger partial charge < -0.3 is 39.9 Å². The second kappa shape index (κ2) is 14.4. The SMILES string of the molecule is CCOC(=O)N1CCN(C(=O)[C@H](CCC(=O)O)NC(=O)c2cc(OCC(=O)N3CC(C(=O)NC4CC4)C3)c3ccccc3n2)CC1. The van der Waals surface area contributed by atoms with Crippen molar-refractivity contribution >= 4 is 46.6 Å². The molecule has 1 aromatic heterocycles. The van der Waals surface area contributed by atoms with Crippen LogP contribution in [0.2, 0.25) is 0 Å². The number of carboxylic acids is 1. The number of ether oxygens (including phenoxy) is 2. The molecule has 2 saturated heterocycles. The number of rotatable bonds is 12. The molecule has 5 rings (SSSR count). The minimum atomic E-state index is -1.16. The van der Waals surface area contributed by atoms with Crippen molar-refractivity contribution in [2.24, 2.45) is 5.92 Å². The average Bonchev–Trinajstić information content (AvgIpc) is 3.84. The van der Waals surface area contributed by atoms with E-state index in [0.717, 1.165) is 12.8 Å². The molecule has 15 nitrogen and oxygen atoms in total. The zero-order valence-corrected chi connectivity index (χ0v) is 25.6. The van der Waals surface area contributed by atoms with Crippen LogP contribution in [0.5, 0.6) is 5.75 Å². The number of nitrogens with one attached hydrogen (secondary N) is 2. The first kappa shape index (κ1) is 32.4. The van der Waals surface area contributed by atoms with Crippen LogP contribution in [0, 0.1) is 5.92 Å². The number of carbonyl (C=O) groups excluding carboxylic acids is 5. The molecule has 0 bridgehead atoms. The Morgan fingerprint density at radius 1 is 1.00 bits per heavy atom. The Morgan fingerprint density at radius 2 is 1.70 bits per heavy atom. The number of hydrogen-bond donors (Lipinski definition) is 3. The van der Waals surface area contributed by atoms with Crippen molar-refractivity contribution in [2.45, 2.75) is 44.7 Å². The molecular weight excluding hydrogens is 600 g/mol. The summed E-state index contributed by atoms with van der Waals surface area (Å²) in [6.45, 7) is 3.11. The summed E-state index contributed by atoms with van der Waals surface area (Å²) in [6, 6.07) is 7.38. The Morgan fingerprint density at radius 3 is 2.37 bits per heavy atom. The first-order chi connectivity index (χ1) is 22.1. The number of benzene rings is 1. The lowest BCUT2D eigenvalue weighted by Crippen LogP contribution is -2.57. The van der Waals surface area contributed by atoms with E-state index in [1.165, 1.54) is 15.9 Å². The van der Waals surface area contributed by atoms with E-state index in [9.17, 15) is 33.9 Å². The van der Waals surface area contributed by atoms with Gasteiger partial charge in [-0.1, -0.05) is 12.1 Å². The summed E-state index contributed by atoms with van der Waals surface area (Å²) >= 11 is 0. The minimum absolute atomic E-state index is 0.0395. The normalized spacial score (nSPS) is 17.1. The van der Waals surface area contributed by atoms with Gasteiger partial charge in [0.1, 0.15) is 17.5 Å². The van der Waals surface area contributed by atoms with E-state index < -0.39 is 29.9 Å². The Hall–Kier alpha value is -4.95. The summed E-state index contributed by atoms with van der Waals surface area (Å²) < 4.78 is 10.9. The fourth-order valence-corrected chi connectivity index (χ4v) is 5.31. The number of likely N-dealkylation sites (tertiary alicyclic amines) is 1. The maximum Gasteiger partial charge on any atom is 0.409 e. The van der Waals surface area contributed by atoms with E-state index in [2.05, 4.69) is 15.6 Å². The van der Waals surface area contributed by atoms with Crippen LogP contribution in [0.1, 0.15) is 43.1 Å². The lowest BCUT2D eigenvalue weighted by molar-refractivity contribution is -0.145. The summed E-state index contributed by atoms with van der Waals surface area (Å²) in [7, 11) is 0. The summed E-state index contributed by atoms with van der Waals surface area (Å²) in [4.78, 5) is 84.2. The van der Waals surface area contributed by atoms with E-state index in [1.807, 2.05) is 0 Å². The smallest absolute Gasteiger partial charge is 0.409 e. The van der Waals surface area contributed by atoms with E-state index in [1.54, 1.807) is 36.1 Å². The van der Waals surface area contributed by atoms with Gasteiger partial charge >= 0.3 is 12.1 Å². The fourth-order valence-electron chi connectivity index (χ4n) is 5.31. The van der Waals surface area contributed by atoms with Crippen LogP contribution < -0.4 is 15.4 Å². The molecule has 0 spiro atoms. The van der Waals surface area contributed by atoms with Crippen molar-refractivity contribution < 1.29 is 43.3 Å². The summed E-state index contributed by atoms with van der Waals surface area (Å²) in [5.74, 6) is -2.66. The van der Waals surface area contributed by atoms with Gasteiger partial charge in [-0.15, -0.1) is 0 Å². The van der Waals surface area contributed by atoms with Gasteiger partial charge in [-0.25, -0.2) is 9.78 Å². The third-order valence-electron chi connectivity index (χ3n) is 8.16. The maximum atomic E-state index is 13.4. The molecule has 1 aromatic carbocycles. The number of piperazine rings is 1. The molecular formula is C31H38N6O9. The lowest BCUT2D eigenvalue weighted by Gasteiger charge is -2.38. The number of carbonyl (C=O) groups is 6. The Kier molecular flexibility index (Phi) is 10.2. The highest BCUT2D eigenvalue weighted by molar-refractivity contribution is 5.99. The lowest BCUT2D eigenvalue weighted by atomic mass is 9.99. The zero-order chi connectivity index (χ0) is 32.8. The van der Waals surface area contributed by atoms with E-state index >= 15 is 0 Å². The molecule has 3 N–H and O–H groups in total. The number of nitrogens with zero attached hydrogens (tertiary/aromatic N) is 4. The van der Waals surface area contributed by atoms with Crippen molar-refractivity contribution in [3.63, 3.8) is 0 Å². The predicted octanol–water partition coefficient (Wildman–Crippen LogP) is 0.615. The van der Waals surface area contributed by atoms with Crippen LogP contribution in [-0.2, 0) is 23.9 Å². The van der Waals surface area contributed by atoms with Gasteiger partial charge in [-0.05, 0) is 38.3 Å². The zero-order valence-electron chi connectivity index (χ0n) is 25.6. The number of aromatic nitrogens is 1. The third kappa shape index (κ3) is 8.00. The van der Waals surface area contributed by atoms with Gasteiger partial charge in [0.2, 0.25) is 11.8 Å². The standard InChI is InChI=1S/C31H38N6O9/c1-2-45-31(44)36-13-11-35(12-14-36)30(43)23(9-10-27(39)40)34-29(42)24-15-25(21-5-3-4-6-22(21)33-24)46-18-26(38)37-16-19(17-37)28(41)32-20-7-8-20/h3-6,15,19-20,23H,2,7-14,16-18H2,1H3,(H,32,41)(H,34,42)(H,39,40)/t23-/m0/s1. The molecule has 3 aliphatic rings. The molecule has 0 unspecified atom stereocenters. The quantitative estimate of drug-likeness (QED) is 0.297. The second-order valence-corrected chi connectivity index (χ2v) is 11.6. The molecule has 3 heterocycles. The number of amides is 5. The molecule has 246 valence electrons. The van der Waals surface area contributed by atoms with Crippen LogP contribution in [0.15, 0.2) is 30.3 Å². The number of aliphatic carboxylic acids is 1. The number of pyridine rings is 1. The highest BCUT2D eigenvalue weighted by atomic mass is 16.6. The van der Waals surface area contributed by atoms with Crippen molar-refractivity contribution in [3.8, 4) is 5.75 Å². The van der Waals surface area contributed by atoms with Crippen LogP contribution in [0.3, 0.4) is 0 Å². The topological polar surface area (TPSA) is 188 Å². The Balaban J connectivity index is 1.23. The fraction of sp³-hybridized carbons (Fsp3) is 0.516. The van der Waals surface area contributed by atoms with Gasteiger partial charge in [0.25, 0.3) is 11.8 Å². The molecule has 1 aliphatic carbocycles. The van der Waals surface area contributed by atoms with Crippen LogP contribution in [-0.4, -0.2) is 125 Å². The van der Waals surface area contributed by atoms with Gasteiger partial charge in [0.05, 0.1) is 18.0 Å². The van der Waals surface area contributed by atoms with Gasteiger partial charge in [-0.3, -0.25) is 24.0 Å². The summed E-state index contributed by atoms with van der Waals surface area (Å²) in [5, 5.41) is 15.4. The Bertz CT molecular complexity index is 1500. The first-order valence-corrected chi connectivity index (χ1v) is 15.5. The molecule has 5 amide bonds. The van der Waals surface area contributed by atoms with Gasteiger partial charge in [-0.2, -0.15) is 0 Å².